The molecule has 20 heavy (non-hydrogen) atoms. The van der Waals surface area contributed by atoms with Gasteiger partial charge in [0.2, 0.25) is 0 Å². The number of hydrogen-bond acceptors (Lipinski definition) is 4. The van der Waals surface area contributed by atoms with Gasteiger partial charge in [0.25, 0.3) is 0 Å². The van der Waals surface area contributed by atoms with E-state index < -0.39 is 6.10 Å². The Morgan fingerprint density at radius 2 is 2.15 bits per heavy atom. The van der Waals surface area contributed by atoms with Crippen molar-refractivity contribution in [1.82, 2.24) is 4.90 Å². The molecule has 1 saturated carbocycles. The molecule has 0 spiro atoms. The molecule has 0 radical (unpaired) electrons. The minimum atomic E-state index is -0.444. The van der Waals surface area contributed by atoms with Crippen LogP contribution < -0.4 is 4.74 Å². The molecule has 1 heterocycles. The number of hydrogen-bond donors (Lipinski definition) is 1. The molecule has 2 fully saturated rings. The highest BCUT2D eigenvalue weighted by Crippen LogP contribution is 2.31. The van der Waals surface area contributed by atoms with Crippen LogP contribution in [0.25, 0.3) is 0 Å². The summed E-state index contributed by atoms with van der Waals surface area (Å²) in [5.74, 6) is 0.822. The number of aliphatic hydroxyl groups excluding tert-OH is 1. The fourth-order valence-electron chi connectivity index (χ4n) is 3.39. The molecule has 1 aliphatic heterocycles. The standard InChI is InChI=1S/C16H23NO3/c1-19-13-7-5-12(6-8-13)15(18)11-17-9-10-20-16-4-2-3-14(16)17/h5-8,14-16,18H,2-4,9-11H2,1H3. The molecule has 1 aromatic rings. The summed E-state index contributed by atoms with van der Waals surface area (Å²) < 4.78 is 11.0. The Balaban J connectivity index is 1.63. The van der Waals surface area contributed by atoms with Gasteiger partial charge in [-0.15, -0.1) is 0 Å². The van der Waals surface area contributed by atoms with Gasteiger partial charge in [0.05, 0.1) is 25.9 Å². The van der Waals surface area contributed by atoms with Crippen molar-refractivity contribution in [2.75, 3.05) is 26.8 Å². The summed E-state index contributed by atoms with van der Waals surface area (Å²) in [6.45, 7) is 2.40. The van der Waals surface area contributed by atoms with Gasteiger partial charge in [0.15, 0.2) is 0 Å². The van der Waals surface area contributed by atoms with Gasteiger partial charge >= 0.3 is 0 Å². The lowest BCUT2D eigenvalue weighted by molar-refractivity contribution is -0.0675. The van der Waals surface area contributed by atoms with Crippen molar-refractivity contribution < 1.29 is 14.6 Å². The zero-order chi connectivity index (χ0) is 13.9. The topological polar surface area (TPSA) is 41.9 Å². The normalized spacial score (nSPS) is 28.1. The first-order valence-electron chi connectivity index (χ1n) is 7.45. The van der Waals surface area contributed by atoms with E-state index in [0.29, 0.717) is 18.7 Å². The lowest BCUT2D eigenvalue weighted by atomic mass is 10.1. The van der Waals surface area contributed by atoms with Crippen LogP contribution in [0.5, 0.6) is 5.75 Å². The predicted molar refractivity (Wildman–Crippen MR) is 76.9 cm³/mol. The number of nitrogens with zero attached hydrogens (tertiary/aromatic N) is 1. The summed E-state index contributed by atoms with van der Waals surface area (Å²) in [4.78, 5) is 2.40. The van der Waals surface area contributed by atoms with E-state index in [1.54, 1.807) is 7.11 Å². The fourth-order valence-corrected chi connectivity index (χ4v) is 3.39. The lowest BCUT2D eigenvalue weighted by Crippen LogP contribution is -2.49. The predicted octanol–water partition coefficient (Wildman–Crippen LogP) is 1.98. The number of methoxy groups -OCH3 is 1. The van der Waals surface area contributed by atoms with E-state index in [1.807, 2.05) is 24.3 Å². The highest BCUT2D eigenvalue weighted by atomic mass is 16.5. The van der Waals surface area contributed by atoms with Crippen LogP contribution in [0.3, 0.4) is 0 Å². The number of morpholine rings is 1. The zero-order valence-corrected chi connectivity index (χ0v) is 12.0. The highest BCUT2D eigenvalue weighted by molar-refractivity contribution is 5.28. The second kappa shape index (κ2) is 6.12. The third kappa shape index (κ3) is 2.82. The molecule has 3 atom stereocenters. The van der Waals surface area contributed by atoms with Gasteiger partial charge < -0.3 is 14.6 Å². The molecule has 110 valence electrons. The van der Waals surface area contributed by atoms with Gasteiger partial charge in [-0.2, -0.15) is 0 Å². The summed E-state index contributed by atoms with van der Waals surface area (Å²) in [7, 11) is 1.65. The molecule has 2 aliphatic rings. The fraction of sp³-hybridized carbons (Fsp3) is 0.625. The summed E-state index contributed by atoms with van der Waals surface area (Å²) in [5, 5.41) is 10.4. The lowest BCUT2D eigenvalue weighted by Gasteiger charge is -2.38. The van der Waals surface area contributed by atoms with Crippen molar-refractivity contribution in [2.24, 2.45) is 0 Å². The van der Waals surface area contributed by atoms with Gasteiger partial charge in [-0.05, 0) is 37.0 Å². The van der Waals surface area contributed by atoms with E-state index in [1.165, 1.54) is 19.3 Å². The van der Waals surface area contributed by atoms with Gasteiger partial charge in [0, 0.05) is 19.1 Å². The smallest absolute Gasteiger partial charge is 0.118 e. The van der Waals surface area contributed by atoms with E-state index in [-0.39, 0.29) is 0 Å². The molecular weight excluding hydrogens is 254 g/mol. The molecule has 4 nitrogen and oxygen atoms in total. The molecule has 1 saturated heterocycles. The van der Waals surface area contributed by atoms with Crippen LogP contribution in [0.4, 0.5) is 0 Å². The number of β-amino-alcohol motifs (C(OH)–C–C–N with tert-alkyl or cyclic N) is 1. The molecule has 1 aliphatic carbocycles. The van der Waals surface area contributed by atoms with Crippen LogP contribution in [0.1, 0.15) is 30.9 Å². The summed E-state index contributed by atoms with van der Waals surface area (Å²) in [6, 6.07) is 8.18. The third-order valence-corrected chi connectivity index (χ3v) is 4.51. The van der Waals surface area contributed by atoms with Crippen LogP contribution in [-0.4, -0.2) is 49.0 Å². The summed E-state index contributed by atoms with van der Waals surface area (Å²) in [6.07, 6.45) is 3.54. The SMILES string of the molecule is COc1ccc(C(O)CN2CCOC3CCCC32)cc1. The Bertz CT molecular complexity index is 434. The first-order chi connectivity index (χ1) is 9.78. The number of aliphatic hydroxyl groups is 1. The van der Waals surface area contributed by atoms with Gasteiger partial charge in [-0.3, -0.25) is 4.90 Å². The second-order valence-corrected chi connectivity index (χ2v) is 5.69. The first-order valence-corrected chi connectivity index (χ1v) is 7.45. The van der Waals surface area contributed by atoms with Gasteiger partial charge in [0.1, 0.15) is 5.75 Å². The maximum absolute atomic E-state index is 10.4. The molecule has 0 bridgehead atoms. The van der Waals surface area contributed by atoms with E-state index in [0.717, 1.165) is 24.5 Å². The molecule has 1 aromatic carbocycles. The maximum Gasteiger partial charge on any atom is 0.118 e. The van der Waals surface area contributed by atoms with Crippen molar-refractivity contribution >= 4 is 0 Å². The van der Waals surface area contributed by atoms with Crippen molar-refractivity contribution in [3.8, 4) is 5.75 Å². The van der Waals surface area contributed by atoms with Gasteiger partial charge in [-0.25, -0.2) is 0 Å². The Morgan fingerprint density at radius 1 is 1.35 bits per heavy atom. The van der Waals surface area contributed by atoms with E-state index in [2.05, 4.69) is 4.90 Å². The van der Waals surface area contributed by atoms with Crippen molar-refractivity contribution in [1.29, 1.82) is 0 Å². The highest BCUT2D eigenvalue weighted by Gasteiger charge is 2.36. The van der Waals surface area contributed by atoms with Crippen molar-refractivity contribution in [2.45, 2.75) is 37.5 Å². The molecule has 0 amide bonds. The number of fused-ring (bicyclic) bond motifs is 1. The average molecular weight is 277 g/mol. The molecule has 4 heteroatoms. The maximum atomic E-state index is 10.4. The van der Waals surface area contributed by atoms with Crippen LogP contribution in [0.2, 0.25) is 0 Å². The van der Waals surface area contributed by atoms with Crippen LogP contribution in [-0.2, 0) is 4.74 Å². The minimum Gasteiger partial charge on any atom is -0.497 e. The van der Waals surface area contributed by atoms with Crippen LogP contribution in [0, 0.1) is 0 Å². The largest absolute Gasteiger partial charge is 0.497 e. The Kier molecular flexibility index (Phi) is 4.24. The zero-order valence-electron chi connectivity index (χ0n) is 12.0. The monoisotopic (exact) mass is 277 g/mol. The van der Waals surface area contributed by atoms with E-state index in [9.17, 15) is 5.11 Å². The van der Waals surface area contributed by atoms with Crippen LogP contribution >= 0.6 is 0 Å². The molecule has 1 N–H and O–H groups in total. The molecule has 0 aromatic heterocycles. The molecule has 3 unspecified atom stereocenters. The average Bonchev–Trinajstić information content (AvgIpc) is 2.97. The quantitative estimate of drug-likeness (QED) is 0.914. The summed E-state index contributed by atoms with van der Waals surface area (Å²) in [5.41, 5.74) is 0.951. The number of ether oxygens (including phenoxy) is 2. The van der Waals surface area contributed by atoms with Gasteiger partial charge in [-0.1, -0.05) is 12.1 Å². The summed E-state index contributed by atoms with van der Waals surface area (Å²) >= 11 is 0. The van der Waals surface area contributed by atoms with E-state index in [4.69, 9.17) is 9.47 Å². The minimum absolute atomic E-state index is 0.381. The number of benzene rings is 1. The molecular formula is C16H23NO3. The Morgan fingerprint density at radius 3 is 2.90 bits per heavy atom. The van der Waals surface area contributed by atoms with Crippen molar-refractivity contribution in [3.63, 3.8) is 0 Å². The number of rotatable bonds is 4. The van der Waals surface area contributed by atoms with E-state index >= 15 is 0 Å². The molecule has 3 rings (SSSR count). The van der Waals surface area contributed by atoms with Crippen molar-refractivity contribution in [3.05, 3.63) is 29.8 Å². The Hall–Kier alpha value is -1.10. The van der Waals surface area contributed by atoms with Crippen LogP contribution in [0.15, 0.2) is 24.3 Å². The Labute approximate surface area is 120 Å². The second-order valence-electron chi connectivity index (χ2n) is 5.69. The third-order valence-electron chi connectivity index (χ3n) is 4.51. The first kappa shape index (κ1) is 13.9.